The summed E-state index contributed by atoms with van der Waals surface area (Å²) in [5.74, 6) is 0.942. The molecule has 2 saturated carbocycles. The van der Waals surface area contributed by atoms with E-state index in [2.05, 4.69) is 29.6 Å². The van der Waals surface area contributed by atoms with Crippen molar-refractivity contribution in [2.75, 3.05) is 6.54 Å². The Bertz CT molecular complexity index is 605. The third kappa shape index (κ3) is 2.97. The average molecular weight is 349 g/mol. The maximum atomic E-state index is 12.9. The molecule has 1 amide bonds. The van der Waals surface area contributed by atoms with E-state index in [1.807, 2.05) is 0 Å². The first-order valence-corrected chi connectivity index (χ1v) is 9.33. The summed E-state index contributed by atoms with van der Waals surface area (Å²) in [6.07, 6.45) is 9.35. The fourth-order valence-corrected chi connectivity index (χ4v) is 5.14. The number of fused-ring (bicyclic) bond motifs is 2. The first-order valence-electron chi connectivity index (χ1n) is 9.33. The van der Waals surface area contributed by atoms with Crippen molar-refractivity contribution in [2.45, 2.75) is 62.8 Å². The van der Waals surface area contributed by atoms with Crippen molar-refractivity contribution in [3.63, 3.8) is 0 Å². The van der Waals surface area contributed by atoms with Gasteiger partial charge in [0.15, 0.2) is 0 Å². The van der Waals surface area contributed by atoms with E-state index in [9.17, 15) is 4.79 Å². The van der Waals surface area contributed by atoms with Crippen molar-refractivity contribution in [2.24, 2.45) is 17.6 Å². The van der Waals surface area contributed by atoms with Gasteiger partial charge in [0.1, 0.15) is 0 Å². The van der Waals surface area contributed by atoms with Gasteiger partial charge >= 0.3 is 0 Å². The summed E-state index contributed by atoms with van der Waals surface area (Å²) in [4.78, 5) is 12.9. The molecule has 2 fully saturated rings. The van der Waals surface area contributed by atoms with Gasteiger partial charge in [-0.3, -0.25) is 4.79 Å². The molecule has 4 atom stereocenters. The van der Waals surface area contributed by atoms with Crippen LogP contribution in [-0.4, -0.2) is 18.5 Å². The van der Waals surface area contributed by atoms with Crippen molar-refractivity contribution in [1.82, 2.24) is 5.32 Å². The zero-order valence-electron chi connectivity index (χ0n) is 14.3. The number of nitrogens with two attached hydrogens (primary N) is 1. The zero-order chi connectivity index (χ0) is 15.9. The monoisotopic (exact) mass is 348 g/mol. The summed E-state index contributed by atoms with van der Waals surface area (Å²) in [6, 6.07) is 9.06. The molecule has 24 heavy (non-hydrogen) atoms. The van der Waals surface area contributed by atoms with Crippen LogP contribution in [0.1, 0.15) is 56.1 Å². The molecule has 3 aliphatic carbocycles. The lowest BCUT2D eigenvalue weighted by Crippen LogP contribution is -2.46. The van der Waals surface area contributed by atoms with Crippen LogP contribution in [0.25, 0.3) is 0 Å². The third-order valence-corrected chi connectivity index (χ3v) is 6.55. The Balaban J connectivity index is 0.00000169. The predicted molar refractivity (Wildman–Crippen MR) is 99.4 cm³/mol. The summed E-state index contributed by atoms with van der Waals surface area (Å²) in [6.45, 7) is 0.698. The fraction of sp³-hybridized carbons (Fsp3) is 0.650. The van der Waals surface area contributed by atoms with Crippen molar-refractivity contribution >= 4 is 18.3 Å². The lowest BCUT2D eigenvalue weighted by Gasteiger charge is -2.32. The van der Waals surface area contributed by atoms with Crippen molar-refractivity contribution in [3.05, 3.63) is 35.4 Å². The lowest BCUT2D eigenvalue weighted by molar-refractivity contribution is -0.124. The standard InChI is InChI=1S/C20H28N2O.ClH/c21-13-15-7-2-4-10-18(15)22-19(23)17-12-20(17)11-5-8-14-6-1-3-9-16(14)20;/h1,3,6,9,15,17-18H,2,4-5,7-8,10-13,21H2,(H,22,23);1H. The molecule has 0 aliphatic heterocycles. The van der Waals surface area contributed by atoms with E-state index in [1.165, 1.54) is 49.7 Å². The highest BCUT2D eigenvalue weighted by molar-refractivity contribution is 5.85. The lowest BCUT2D eigenvalue weighted by atomic mass is 9.78. The van der Waals surface area contributed by atoms with Crippen LogP contribution >= 0.6 is 12.4 Å². The summed E-state index contributed by atoms with van der Waals surface area (Å²) < 4.78 is 0. The maximum Gasteiger partial charge on any atom is 0.224 e. The van der Waals surface area contributed by atoms with Crippen LogP contribution in [0, 0.1) is 11.8 Å². The number of hydrogen-bond acceptors (Lipinski definition) is 2. The second kappa shape index (κ2) is 7.05. The van der Waals surface area contributed by atoms with Crippen LogP contribution in [0.5, 0.6) is 0 Å². The Kier molecular flexibility index (Phi) is 5.22. The molecule has 3 nitrogen and oxygen atoms in total. The number of halogens is 1. The molecule has 3 N–H and O–H groups in total. The molecule has 0 radical (unpaired) electrons. The van der Waals surface area contributed by atoms with Crippen LogP contribution in [0.3, 0.4) is 0 Å². The zero-order valence-corrected chi connectivity index (χ0v) is 15.1. The van der Waals surface area contributed by atoms with Crippen LogP contribution in [0.15, 0.2) is 24.3 Å². The van der Waals surface area contributed by atoms with Crippen LogP contribution in [-0.2, 0) is 16.6 Å². The van der Waals surface area contributed by atoms with E-state index in [-0.39, 0.29) is 29.6 Å². The second-order valence-electron chi connectivity index (χ2n) is 7.82. The molecule has 1 aromatic carbocycles. The van der Waals surface area contributed by atoms with E-state index in [0.29, 0.717) is 18.5 Å². The largest absolute Gasteiger partial charge is 0.353 e. The quantitative estimate of drug-likeness (QED) is 0.880. The summed E-state index contributed by atoms with van der Waals surface area (Å²) in [5, 5.41) is 3.37. The van der Waals surface area contributed by atoms with Crippen LogP contribution in [0.4, 0.5) is 0 Å². The molecular weight excluding hydrogens is 320 g/mol. The summed E-state index contributed by atoms with van der Waals surface area (Å²) >= 11 is 0. The molecule has 0 heterocycles. The van der Waals surface area contributed by atoms with Crippen molar-refractivity contribution in [1.29, 1.82) is 0 Å². The van der Waals surface area contributed by atoms with Gasteiger partial charge in [0.2, 0.25) is 5.91 Å². The molecule has 4 heteroatoms. The normalized spacial score (nSPS) is 34.1. The Morgan fingerprint density at radius 3 is 2.83 bits per heavy atom. The van der Waals surface area contributed by atoms with Crippen LogP contribution in [0.2, 0.25) is 0 Å². The Labute approximate surface area is 151 Å². The van der Waals surface area contributed by atoms with Gasteiger partial charge in [-0.25, -0.2) is 0 Å². The summed E-state index contributed by atoms with van der Waals surface area (Å²) in [7, 11) is 0. The first kappa shape index (κ1) is 17.8. The molecule has 4 unspecified atom stereocenters. The molecule has 0 bridgehead atoms. The number of hydrogen-bond donors (Lipinski definition) is 2. The number of rotatable bonds is 3. The molecule has 0 aromatic heterocycles. The van der Waals surface area contributed by atoms with E-state index in [0.717, 1.165) is 12.8 Å². The Morgan fingerprint density at radius 2 is 2.00 bits per heavy atom. The van der Waals surface area contributed by atoms with Gasteiger partial charge in [0.25, 0.3) is 0 Å². The highest BCUT2D eigenvalue weighted by atomic mass is 35.5. The van der Waals surface area contributed by atoms with Gasteiger partial charge in [-0.15, -0.1) is 12.4 Å². The van der Waals surface area contributed by atoms with E-state index in [4.69, 9.17) is 5.73 Å². The molecule has 3 aliphatic rings. The smallest absolute Gasteiger partial charge is 0.224 e. The first-order chi connectivity index (χ1) is 11.2. The van der Waals surface area contributed by atoms with Crippen molar-refractivity contribution in [3.8, 4) is 0 Å². The molecule has 1 spiro atoms. The Morgan fingerprint density at radius 1 is 1.21 bits per heavy atom. The maximum absolute atomic E-state index is 12.9. The molecular formula is C20H29ClN2O. The third-order valence-electron chi connectivity index (χ3n) is 6.55. The highest BCUT2D eigenvalue weighted by Crippen LogP contribution is 2.60. The van der Waals surface area contributed by atoms with Gasteiger partial charge in [0, 0.05) is 17.4 Å². The topological polar surface area (TPSA) is 55.1 Å². The van der Waals surface area contributed by atoms with Gasteiger partial charge in [0.05, 0.1) is 0 Å². The molecule has 1 aromatic rings. The predicted octanol–water partition coefficient (Wildman–Crippen LogP) is 3.34. The van der Waals surface area contributed by atoms with Gasteiger partial charge in [-0.05, 0) is 62.1 Å². The number of amides is 1. The van der Waals surface area contributed by atoms with Crippen LogP contribution < -0.4 is 11.1 Å². The fourth-order valence-electron chi connectivity index (χ4n) is 5.14. The Hall–Kier alpha value is -1.06. The molecule has 132 valence electrons. The van der Waals surface area contributed by atoms with Crippen molar-refractivity contribution < 1.29 is 4.79 Å². The van der Waals surface area contributed by atoms with E-state index in [1.54, 1.807) is 0 Å². The van der Waals surface area contributed by atoms with Gasteiger partial charge in [-0.1, -0.05) is 37.1 Å². The van der Waals surface area contributed by atoms with Gasteiger partial charge in [-0.2, -0.15) is 0 Å². The average Bonchev–Trinajstić information content (AvgIpc) is 3.31. The van der Waals surface area contributed by atoms with E-state index < -0.39 is 0 Å². The molecule has 4 rings (SSSR count). The SMILES string of the molecule is Cl.NCC1CCCCC1NC(=O)C1CC12CCCc1ccccc12. The minimum atomic E-state index is 0. The number of benzene rings is 1. The minimum absolute atomic E-state index is 0. The number of nitrogens with one attached hydrogen (secondary N) is 1. The summed E-state index contributed by atoms with van der Waals surface area (Å²) in [5.41, 5.74) is 8.97. The number of carbonyl (C=O) groups is 1. The molecule has 0 saturated heterocycles. The van der Waals surface area contributed by atoms with E-state index >= 15 is 0 Å². The second-order valence-corrected chi connectivity index (χ2v) is 7.82. The number of carbonyl (C=O) groups excluding carboxylic acids is 1. The minimum Gasteiger partial charge on any atom is -0.353 e. The highest BCUT2D eigenvalue weighted by Gasteiger charge is 2.60. The van der Waals surface area contributed by atoms with Gasteiger partial charge < -0.3 is 11.1 Å². The number of aryl methyl sites for hydroxylation is 1.